The molecule has 1 fully saturated rings. The summed E-state index contributed by atoms with van der Waals surface area (Å²) in [5.74, 6) is -2.35. The first-order valence-electron chi connectivity index (χ1n) is 8.19. The quantitative estimate of drug-likeness (QED) is 0.597. The SMILES string of the molecule is CC(N)c1ccccc1C(=O)NCC(=O)N1CCN(CC(=O)O)C(=O)C1.Cl. The van der Waals surface area contributed by atoms with Crippen molar-refractivity contribution in [3.63, 3.8) is 0 Å². The Labute approximate surface area is 162 Å². The van der Waals surface area contributed by atoms with Crippen LogP contribution in [0.5, 0.6) is 0 Å². The van der Waals surface area contributed by atoms with E-state index in [4.69, 9.17) is 10.8 Å². The van der Waals surface area contributed by atoms with Crippen LogP contribution in [-0.2, 0) is 14.4 Å². The van der Waals surface area contributed by atoms with Gasteiger partial charge in [-0.05, 0) is 18.6 Å². The first-order valence-corrected chi connectivity index (χ1v) is 8.19. The van der Waals surface area contributed by atoms with Gasteiger partial charge in [-0.3, -0.25) is 19.2 Å². The van der Waals surface area contributed by atoms with E-state index in [0.717, 1.165) is 0 Å². The highest BCUT2D eigenvalue weighted by molar-refractivity contribution is 5.98. The fraction of sp³-hybridized carbons (Fsp3) is 0.412. The largest absolute Gasteiger partial charge is 0.480 e. The number of carboxylic acids is 1. The highest BCUT2D eigenvalue weighted by Gasteiger charge is 2.28. The topological polar surface area (TPSA) is 133 Å². The smallest absolute Gasteiger partial charge is 0.323 e. The van der Waals surface area contributed by atoms with Crippen molar-refractivity contribution in [2.75, 3.05) is 32.7 Å². The van der Waals surface area contributed by atoms with Gasteiger partial charge >= 0.3 is 5.97 Å². The van der Waals surface area contributed by atoms with Gasteiger partial charge in [0.1, 0.15) is 6.54 Å². The molecule has 0 radical (unpaired) electrons. The highest BCUT2D eigenvalue weighted by Crippen LogP contribution is 2.15. The second-order valence-electron chi connectivity index (χ2n) is 6.08. The molecule has 27 heavy (non-hydrogen) atoms. The second kappa shape index (κ2) is 9.89. The van der Waals surface area contributed by atoms with Gasteiger partial charge in [-0.2, -0.15) is 0 Å². The molecule has 1 aliphatic heterocycles. The minimum atomic E-state index is -1.10. The summed E-state index contributed by atoms with van der Waals surface area (Å²) in [6.07, 6.45) is 0. The number of nitrogens with zero attached hydrogens (tertiary/aromatic N) is 2. The number of carboxylic acid groups (broad SMARTS) is 1. The number of piperazine rings is 1. The van der Waals surface area contributed by atoms with Gasteiger partial charge in [0.05, 0.1) is 13.1 Å². The number of carbonyl (C=O) groups is 4. The van der Waals surface area contributed by atoms with E-state index < -0.39 is 23.7 Å². The molecule has 0 aliphatic carbocycles. The summed E-state index contributed by atoms with van der Waals surface area (Å²) in [5.41, 5.74) is 6.93. The molecule has 1 heterocycles. The van der Waals surface area contributed by atoms with Gasteiger partial charge in [-0.15, -0.1) is 12.4 Å². The van der Waals surface area contributed by atoms with Gasteiger partial charge in [0.2, 0.25) is 11.8 Å². The molecule has 2 rings (SSSR count). The Morgan fingerprint density at radius 3 is 2.52 bits per heavy atom. The fourth-order valence-electron chi connectivity index (χ4n) is 2.72. The van der Waals surface area contributed by atoms with E-state index in [1.54, 1.807) is 31.2 Å². The third-order valence-electron chi connectivity index (χ3n) is 4.09. The molecular weight excluding hydrogens is 376 g/mol. The number of nitrogens with one attached hydrogen (secondary N) is 1. The predicted octanol–water partition coefficient (Wildman–Crippen LogP) is -0.387. The van der Waals surface area contributed by atoms with Crippen molar-refractivity contribution in [1.29, 1.82) is 0 Å². The molecule has 1 unspecified atom stereocenters. The van der Waals surface area contributed by atoms with E-state index in [9.17, 15) is 19.2 Å². The number of rotatable bonds is 6. The van der Waals surface area contributed by atoms with Crippen LogP contribution < -0.4 is 11.1 Å². The molecule has 0 spiro atoms. The average molecular weight is 399 g/mol. The molecule has 4 N–H and O–H groups in total. The molecule has 0 aromatic heterocycles. The molecule has 3 amide bonds. The van der Waals surface area contributed by atoms with Crippen LogP contribution in [0.2, 0.25) is 0 Å². The van der Waals surface area contributed by atoms with Crippen LogP contribution in [-0.4, -0.2) is 71.3 Å². The Balaban J connectivity index is 0.00000364. The molecule has 1 aromatic carbocycles. The summed E-state index contributed by atoms with van der Waals surface area (Å²) in [6, 6.07) is 6.55. The van der Waals surface area contributed by atoms with Crippen LogP contribution in [0.4, 0.5) is 0 Å². The number of carbonyl (C=O) groups excluding carboxylic acids is 3. The third kappa shape index (κ3) is 5.93. The maximum absolute atomic E-state index is 12.3. The van der Waals surface area contributed by atoms with Crippen LogP contribution in [0, 0.1) is 0 Å². The zero-order chi connectivity index (χ0) is 19.3. The minimum absolute atomic E-state index is 0. The van der Waals surface area contributed by atoms with Gasteiger partial charge in [0.15, 0.2) is 0 Å². The second-order valence-corrected chi connectivity index (χ2v) is 6.08. The summed E-state index contributed by atoms with van der Waals surface area (Å²) >= 11 is 0. The summed E-state index contributed by atoms with van der Waals surface area (Å²) in [5, 5.41) is 11.3. The van der Waals surface area contributed by atoms with Gasteiger partial charge in [0, 0.05) is 24.7 Å². The molecule has 1 aliphatic rings. The first-order chi connectivity index (χ1) is 12.3. The standard InChI is InChI=1S/C17H22N4O5.ClH/c1-11(18)12-4-2-3-5-13(12)17(26)19-8-14(22)20-6-7-21(10-16(24)25)15(23)9-20;/h2-5,11H,6-10,18H2,1H3,(H,19,26)(H,24,25);1H. The van der Waals surface area contributed by atoms with E-state index in [2.05, 4.69) is 5.32 Å². The van der Waals surface area contributed by atoms with Crippen molar-refractivity contribution in [2.24, 2.45) is 5.73 Å². The number of amides is 3. The lowest BCUT2D eigenvalue weighted by Gasteiger charge is -2.33. The van der Waals surface area contributed by atoms with E-state index in [-0.39, 0.29) is 51.2 Å². The Morgan fingerprint density at radius 1 is 1.26 bits per heavy atom. The summed E-state index contributed by atoms with van der Waals surface area (Å²) < 4.78 is 0. The molecule has 1 atom stereocenters. The van der Waals surface area contributed by atoms with E-state index in [1.807, 2.05) is 0 Å². The number of hydrogen-bond donors (Lipinski definition) is 3. The normalized spacial score (nSPS) is 15.0. The van der Waals surface area contributed by atoms with Crippen molar-refractivity contribution in [3.05, 3.63) is 35.4 Å². The van der Waals surface area contributed by atoms with Gasteiger partial charge in [-0.25, -0.2) is 0 Å². The van der Waals surface area contributed by atoms with Crippen molar-refractivity contribution in [3.8, 4) is 0 Å². The van der Waals surface area contributed by atoms with Gasteiger partial charge in [0.25, 0.3) is 5.91 Å². The maximum Gasteiger partial charge on any atom is 0.323 e. The Hall–Kier alpha value is -2.65. The summed E-state index contributed by atoms with van der Waals surface area (Å²) in [7, 11) is 0. The molecule has 0 bridgehead atoms. The minimum Gasteiger partial charge on any atom is -0.480 e. The van der Waals surface area contributed by atoms with Crippen molar-refractivity contribution < 1.29 is 24.3 Å². The summed E-state index contributed by atoms with van der Waals surface area (Å²) in [6.45, 7) is 1.31. The molecule has 10 heteroatoms. The highest BCUT2D eigenvalue weighted by atomic mass is 35.5. The van der Waals surface area contributed by atoms with Crippen molar-refractivity contribution in [1.82, 2.24) is 15.1 Å². The van der Waals surface area contributed by atoms with Crippen LogP contribution in [0.1, 0.15) is 28.9 Å². The van der Waals surface area contributed by atoms with Crippen LogP contribution >= 0.6 is 12.4 Å². The Morgan fingerprint density at radius 2 is 1.93 bits per heavy atom. The molecule has 1 saturated heterocycles. The summed E-state index contributed by atoms with van der Waals surface area (Å²) in [4.78, 5) is 49.6. The Kier molecular flexibility index (Phi) is 8.20. The van der Waals surface area contributed by atoms with E-state index in [0.29, 0.717) is 11.1 Å². The number of nitrogens with two attached hydrogens (primary N) is 1. The van der Waals surface area contributed by atoms with Crippen molar-refractivity contribution in [2.45, 2.75) is 13.0 Å². The van der Waals surface area contributed by atoms with Gasteiger partial charge < -0.3 is 26.0 Å². The molecule has 9 nitrogen and oxygen atoms in total. The molecule has 1 aromatic rings. The molecule has 148 valence electrons. The number of halogens is 1. The lowest BCUT2D eigenvalue weighted by molar-refractivity contribution is -0.150. The first kappa shape index (κ1) is 22.4. The number of benzene rings is 1. The maximum atomic E-state index is 12.3. The third-order valence-corrected chi connectivity index (χ3v) is 4.09. The Bertz CT molecular complexity index is 725. The van der Waals surface area contributed by atoms with E-state index >= 15 is 0 Å². The zero-order valence-corrected chi connectivity index (χ0v) is 15.7. The van der Waals surface area contributed by atoms with Gasteiger partial charge in [-0.1, -0.05) is 18.2 Å². The fourth-order valence-corrected chi connectivity index (χ4v) is 2.72. The monoisotopic (exact) mass is 398 g/mol. The average Bonchev–Trinajstić information content (AvgIpc) is 2.60. The van der Waals surface area contributed by atoms with E-state index in [1.165, 1.54) is 9.80 Å². The number of aliphatic carboxylic acids is 1. The number of hydrogen-bond acceptors (Lipinski definition) is 5. The van der Waals surface area contributed by atoms with Crippen molar-refractivity contribution >= 4 is 36.1 Å². The molecule has 0 saturated carbocycles. The molecular formula is C17H23ClN4O5. The van der Waals surface area contributed by atoms with Crippen LogP contribution in [0.25, 0.3) is 0 Å². The predicted molar refractivity (Wildman–Crippen MR) is 99.4 cm³/mol. The lowest BCUT2D eigenvalue weighted by atomic mass is 10.0. The zero-order valence-electron chi connectivity index (χ0n) is 14.9. The lowest BCUT2D eigenvalue weighted by Crippen LogP contribution is -2.55. The van der Waals surface area contributed by atoms with Crippen LogP contribution in [0.15, 0.2) is 24.3 Å². The van der Waals surface area contributed by atoms with Crippen LogP contribution in [0.3, 0.4) is 0 Å².